The fourth-order valence-electron chi connectivity index (χ4n) is 3.45. The monoisotopic (exact) mass is 358 g/mol. The van der Waals surface area contributed by atoms with Crippen molar-refractivity contribution in [3.8, 4) is 5.75 Å². The maximum Gasteiger partial charge on any atom is 0.267 e. The average Bonchev–Trinajstić information content (AvgIpc) is 2.58. The summed E-state index contributed by atoms with van der Waals surface area (Å²) in [6.07, 6.45) is -0.181. The average molecular weight is 358 g/mol. The van der Waals surface area contributed by atoms with Crippen LogP contribution in [0, 0.1) is 0 Å². The van der Waals surface area contributed by atoms with Crippen molar-refractivity contribution in [3.05, 3.63) is 52.6 Å². The normalized spacial score (nSPS) is 14.7. The molecule has 0 aliphatic heterocycles. The van der Waals surface area contributed by atoms with Gasteiger partial charge in [0, 0.05) is 35.5 Å². The molecule has 2 aromatic carbocycles. The molecule has 26 heavy (non-hydrogen) atoms. The van der Waals surface area contributed by atoms with Gasteiger partial charge in [0.15, 0.2) is 5.75 Å². The third-order valence-electron chi connectivity index (χ3n) is 5.41. The van der Waals surface area contributed by atoms with Crippen molar-refractivity contribution in [2.75, 3.05) is 6.61 Å². The molecule has 0 spiro atoms. The minimum absolute atomic E-state index is 0.0349. The Morgan fingerprint density at radius 3 is 2.15 bits per heavy atom. The van der Waals surface area contributed by atoms with E-state index >= 15 is 0 Å². The number of phenolic OH excluding ortho intramolecular Hbond substituents is 1. The molecule has 3 rings (SSSR count). The van der Waals surface area contributed by atoms with E-state index in [0.717, 1.165) is 16.7 Å². The first-order valence-corrected chi connectivity index (χ1v) is 8.88. The second-order valence-corrected chi connectivity index (χ2v) is 7.58. The van der Waals surface area contributed by atoms with Gasteiger partial charge in [-0.1, -0.05) is 51.1 Å². The van der Waals surface area contributed by atoms with Crippen LogP contribution in [0.15, 0.2) is 39.5 Å². The van der Waals surface area contributed by atoms with Gasteiger partial charge in [0.25, 0.3) is 5.58 Å². The van der Waals surface area contributed by atoms with Crippen LogP contribution in [-0.2, 0) is 11.8 Å². The van der Waals surface area contributed by atoms with Crippen LogP contribution in [-0.4, -0.2) is 28.0 Å². The quantitative estimate of drug-likeness (QED) is 0.578. The van der Waals surface area contributed by atoms with Gasteiger partial charge >= 0.3 is 0 Å². The Balaban J connectivity index is 2.32. The highest BCUT2D eigenvalue weighted by Crippen LogP contribution is 2.47. The van der Waals surface area contributed by atoms with E-state index in [4.69, 9.17) is 9.15 Å². The van der Waals surface area contributed by atoms with Gasteiger partial charge in [-0.25, -0.2) is 0 Å². The van der Waals surface area contributed by atoms with Crippen LogP contribution in [0.1, 0.15) is 55.9 Å². The molecule has 5 heteroatoms. The summed E-state index contributed by atoms with van der Waals surface area (Å²) >= 11 is 0. The maximum atomic E-state index is 10.8. The first-order chi connectivity index (χ1) is 12.3. The number of aliphatic hydroxyl groups is 2. The maximum absolute atomic E-state index is 10.8. The standard InChI is InChI=1S/C21H26O5/c1-12(11-22)16-17(21(3,4)13(2)23)15(10-14-8-6-5-7-9-14)18(24)20-19(16)25-26-20/h5-9,12-13,22-24H,10-11H2,1-4H3. The third-order valence-corrected chi connectivity index (χ3v) is 5.41. The number of aliphatic hydroxyl groups excluding tert-OH is 2. The van der Waals surface area contributed by atoms with Crippen LogP contribution in [0.2, 0.25) is 0 Å². The molecule has 140 valence electrons. The van der Waals surface area contributed by atoms with Crippen molar-refractivity contribution in [2.24, 2.45) is 0 Å². The van der Waals surface area contributed by atoms with Gasteiger partial charge in [0.2, 0.25) is 5.58 Å². The van der Waals surface area contributed by atoms with E-state index in [0.29, 0.717) is 23.2 Å². The summed E-state index contributed by atoms with van der Waals surface area (Å²) in [6, 6.07) is 9.82. The number of phenols is 1. The van der Waals surface area contributed by atoms with Crippen molar-refractivity contribution >= 4 is 11.2 Å². The number of hydrogen-bond acceptors (Lipinski definition) is 5. The Kier molecular flexibility index (Phi) is 4.86. The van der Waals surface area contributed by atoms with Crippen LogP contribution in [0.5, 0.6) is 5.75 Å². The van der Waals surface area contributed by atoms with Gasteiger partial charge in [-0.2, -0.15) is 0 Å². The predicted octanol–water partition coefficient (Wildman–Crippen LogP) is 4.08. The first-order valence-electron chi connectivity index (χ1n) is 8.88. The minimum Gasteiger partial charge on any atom is -0.504 e. The molecular weight excluding hydrogens is 332 g/mol. The van der Waals surface area contributed by atoms with Gasteiger partial charge in [-0.3, -0.25) is 9.15 Å². The molecule has 0 aliphatic rings. The number of fused-ring (bicyclic) bond motifs is 1. The molecule has 3 aromatic rings. The molecule has 3 N–H and O–H groups in total. The Bertz CT molecular complexity index is 886. The van der Waals surface area contributed by atoms with E-state index in [2.05, 4.69) is 0 Å². The number of rotatable bonds is 6. The highest BCUT2D eigenvalue weighted by molar-refractivity contribution is 5.86. The van der Waals surface area contributed by atoms with E-state index in [1.807, 2.05) is 51.1 Å². The van der Waals surface area contributed by atoms with Gasteiger partial charge in [0.05, 0.1) is 6.10 Å². The molecule has 0 bridgehead atoms. The van der Waals surface area contributed by atoms with Crippen LogP contribution in [0.25, 0.3) is 11.2 Å². The summed E-state index contributed by atoms with van der Waals surface area (Å²) < 4.78 is 10.2. The zero-order valence-corrected chi connectivity index (χ0v) is 15.6. The summed E-state index contributed by atoms with van der Waals surface area (Å²) in [5.74, 6) is -0.191. The summed E-state index contributed by atoms with van der Waals surface area (Å²) in [4.78, 5) is 0. The van der Waals surface area contributed by atoms with Crippen molar-refractivity contribution in [1.82, 2.24) is 0 Å². The Morgan fingerprint density at radius 1 is 1.04 bits per heavy atom. The summed E-state index contributed by atoms with van der Waals surface area (Å²) in [5.41, 5.74) is 3.41. The first kappa shape index (κ1) is 18.5. The molecule has 1 aromatic heterocycles. The predicted molar refractivity (Wildman–Crippen MR) is 99.6 cm³/mol. The van der Waals surface area contributed by atoms with E-state index in [9.17, 15) is 15.3 Å². The highest BCUT2D eigenvalue weighted by Gasteiger charge is 2.38. The van der Waals surface area contributed by atoms with Crippen LogP contribution >= 0.6 is 0 Å². The lowest BCUT2D eigenvalue weighted by Gasteiger charge is -2.35. The molecular formula is C21H26O5. The highest BCUT2D eigenvalue weighted by atomic mass is 17.0. The Morgan fingerprint density at radius 2 is 1.65 bits per heavy atom. The second kappa shape index (κ2) is 6.82. The van der Waals surface area contributed by atoms with E-state index in [1.165, 1.54) is 0 Å². The summed E-state index contributed by atoms with van der Waals surface area (Å²) in [5, 5.41) is 31.1. The molecule has 0 saturated carbocycles. The molecule has 1 heterocycles. The van der Waals surface area contributed by atoms with Crippen LogP contribution < -0.4 is 0 Å². The van der Waals surface area contributed by atoms with E-state index < -0.39 is 11.5 Å². The lowest BCUT2D eigenvalue weighted by Crippen LogP contribution is -2.34. The van der Waals surface area contributed by atoms with Crippen molar-refractivity contribution in [3.63, 3.8) is 0 Å². The molecule has 0 radical (unpaired) electrons. The van der Waals surface area contributed by atoms with E-state index in [1.54, 1.807) is 6.92 Å². The molecule has 2 atom stereocenters. The Labute approximate surface area is 152 Å². The topological polar surface area (TPSA) is 87.0 Å². The van der Waals surface area contributed by atoms with Gasteiger partial charge in [0.1, 0.15) is 0 Å². The SMILES string of the molecule is CC(CO)c1c(C(C)(C)C(C)O)c(Cc2ccccc2)c(O)c2ooc12. The molecule has 0 amide bonds. The van der Waals surface area contributed by atoms with Crippen molar-refractivity contribution in [1.29, 1.82) is 0 Å². The number of benzene rings is 2. The zero-order chi connectivity index (χ0) is 19.1. The van der Waals surface area contributed by atoms with Crippen LogP contribution in [0.4, 0.5) is 0 Å². The lowest BCUT2D eigenvalue weighted by atomic mass is 9.72. The summed E-state index contributed by atoms with van der Waals surface area (Å²) in [7, 11) is 0. The molecule has 0 fully saturated rings. The van der Waals surface area contributed by atoms with Gasteiger partial charge in [-0.15, -0.1) is 0 Å². The number of hydrogen-bond donors (Lipinski definition) is 3. The third kappa shape index (κ3) is 2.91. The van der Waals surface area contributed by atoms with Crippen LogP contribution in [0.3, 0.4) is 0 Å². The largest absolute Gasteiger partial charge is 0.504 e. The fourth-order valence-corrected chi connectivity index (χ4v) is 3.45. The Hall–Kier alpha value is -2.24. The van der Waals surface area contributed by atoms with Gasteiger partial charge in [-0.05, 0) is 18.1 Å². The minimum atomic E-state index is -0.667. The second-order valence-electron chi connectivity index (χ2n) is 7.58. The van der Waals surface area contributed by atoms with Crippen molar-refractivity contribution in [2.45, 2.75) is 51.6 Å². The smallest absolute Gasteiger partial charge is 0.267 e. The van der Waals surface area contributed by atoms with E-state index in [-0.39, 0.29) is 18.3 Å². The van der Waals surface area contributed by atoms with Gasteiger partial charge < -0.3 is 15.3 Å². The lowest BCUT2D eigenvalue weighted by molar-refractivity contribution is 0.0540. The zero-order valence-electron chi connectivity index (χ0n) is 15.6. The molecule has 5 nitrogen and oxygen atoms in total. The molecule has 2 unspecified atom stereocenters. The molecule has 0 saturated heterocycles. The summed E-state index contributed by atoms with van der Waals surface area (Å²) in [6.45, 7) is 7.41. The van der Waals surface area contributed by atoms with Crippen molar-refractivity contribution < 1.29 is 24.5 Å². The number of aromatic hydroxyl groups is 1. The fraction of sp³-hybridized carbons (Fsp3) is 0.429. The molecule has 0 aliphatic carbocycles.